The zero-order chi connectivity index (χ0) is 16.1. The summed E-state index contributed by atoms with van der Waals surface area (Å²) in [5.74, 6) is 0. The average molecular weight is 292 g/mol. The van der Waals surface area contributed by atoms with E-state index in [0.717, 1.165) is 10.9 Å². The highest BCUT2D eigenvalue weighted by Crippen LogP contribution is 2.54. The van der Waals surface area contributed by atoms with E-state index >= 15 is 0 Å². The number of fused-ring (bicyclic) bond motifs is 1. The minimum Gasteiger partial charge on any atom is -0.387 e. The zero-order valence-electron chi connectivity index (χ0n) is 14.1. The van der Waals surface area contributed by atoms with Gasteiger partial charge in [0.05, 0.1) is 6.10 Å². The number of benzene rings is 2. The van der Waals surface area contributed by atoms with Crippen LogP contribution in [0.15, 0.2) is 64.8 Å². The van der Waals surface area contributed by atoms with E-state index in [0.29, 0.717) is 0 Å². The fraction of sp³-hybridized carbons (Fsp3) is 0.333. The van der Waals surface area contributed by atoms with E-state index in [1.807, 2.05) is 18.2 Å². The Morgan fingerprint density at radius 2 is 1.36 bits per heavy atom. The van der Waals surface area contributed by atoms with Crippen LogP contribution >= 0.6 is 0 Å². The van der Waals surface area contributed by atoms with Gasteiger partial charge in [0, 0.05) is 5.41 Å². The molecule has 1 aliphatic carbocycles. The Hall–Kier alpha value is -1.86. The summed E-state index contributed by atoms with van der Waals surface area (Å²) in [6, 6.07) is 14.5. The van der Waals surface area contributed by atoms with Crippen molar-refractivity contribution in [1.29, 1.82) is 0 Å². The van der Waals surface area contributed by atoms with Crippen LogP contribution in [0.4, 0.5) is 0 Å². The maximum atomic E-state index is 11.3. The highest BCUT2D eigenvalue weighted by Gasteiger charge is 2.43. The normalized spacial score (nSPS) is 19.2. The number of hydrogen-bond donors (Lipinski definition) is 1. The molecule has 1 aliphatic rings. The molecule has 0 fully saturated rings. The van der Waals surface area contributed by atoms with Crippen molar-refractivity contribution >= 4 is 10.8 Å². The van der Waals surface area contributed by atoms with Gasteiger partial charge in [-0.05, 0) is 62.1 Å². The van der Waals surface area contributed by atoms with Gasteiger partial charge in [0.1, 0.15) is 0 Å². The summed E-state index contributed by atoms with van der Waals surface area (Å²) in [7, 11) is 0. The lowest BCUT2D eigenvalue weighted by Gasteiger charge is -2.35. The fourth-order valence-corrected chi connectivity index (χ4v) is 3.83. The Morgan fingerprint density at radius 3 is 2.00 bits per heavy atom. The molecule has 1 atom stereocenters. The van der Waals surface area contributed by atoms with Crippen LogP contribution in [0, 0.1) is 5.41 Å². The molecule has 0 aliphatic heterocycles. The predicted octanol–water partition coefficient (Wildman–Crippen LogP) is 5.57. The SMILES string of the molecule is CC1=C(C)C(C)(C(O)c2cccc3ccccc23)C(C)=C1C. The van der Waals surface area contributed by atoms with Crippen molar-refractivity contribution in [2.24, 2.45) is 5.41 Å². The van der Waals surface area contributed by atoms with Gasteiger partial charge >= 0.3 is 0 Å². The van der Waals surface area contributed by atoms with Gasteiger partial charge in [0.2, 0.25) is 0 Å². The van der Waals surface area contributed by atoms with Gasteiger partial charge in [-0.1, -0.05) is 53.6 Å². The van der Waals surface area contributed by atoms with Gasteiger partial charge in [-0.25, -0.2) is 0 Å². The Morgan fingerprint density at radius 1 is 0.818 bits per heavy atom. The van der Waals surface area contributed by atoms with E-state index in [2.05, 4.69) is 58.9 Å². The van der Waals surface area contributed by atoms with E-state index in [-0.39, 0.29) is 5.41 Å². The monoisotopic (exact) mass is 292 g/mol. The second kappa shape index (κ2) is 5.10. The highest BCUT2D eigenvalue weighted by molar-refractivity contribution is 5.86. The molecule has 0 heterocycles. The van der Waals surface area contributed by atoms with Crippen LogP contribution in [0.2, 0.25) is 0 Å². The van der Waals surface area contributed by atoms with E-state index in [9.17, 15) is 5.11 Å². The second-order valence-electron chi connectivity index (χ2n) is 6.67. The Kier molecular flexibility index (Phi) is 3.49. The smallest absolute Gasteiger partial charge is 0.0924 e. The lowest BCUT2D eigenvalue weighted by Crippen LogP contribution is -2.27. The Labute approximate surface area is 133 Å². The summed E-state index contributed by atoms with van der Waals surface area (Å²) in [4.78, 5) is 0. The van der Waals surface area contributed by atoms with Gasteiger partial charge in [-0.15, -0.1) is 0 Å². The molecule has 2 aromatic carbocycles. The van der Waals surface area contributed by atoms with Crippen molar-refractivity contribution in [2.75, 3.05) is 0 Å². The molecule has 114 valence electrons. The summed E-state index contributed by atoms with van der Waals surface area (Å²) >= 11 is 0. The molecule has 3 rings (SSSR count). The first-order chi connectivity index (χ1) is 10.4. The van der Waals surface area contributed by atoms with Crippen LogP contribution in [0.1, 0.15) is 46.3 Å². The van der Waals surface area contributed by atoms with E-state index in [1.54, 1.807) is 0 Å². The highest BCUT2D eigenvalue weighted by atomic mass is 16.3. The fourth-order valence-electron chi connectivity index (χ4n) is 3.83. The average Bonchev–Trinajstić information content (AvgIpc) is 2.70. The van der Waals surface area contributed by atoms with Crippen molar-refractivity contribution in [3.8, 4) is 0 Å². The molecular weight excluding hydrogens is 268 g/mol. The number of hydrogen-bond acceptors (Lipinski definition) is 1. The third-order valence-electron chi connectivity index (χ3n) is 5.91. The Bertz CT molecular complexity index is 778. The van der Waals surface area contributed by atoms with Crippen LogP contribution in [0.5, 0.6) is 0 Å². The predicted molar refractivity (Wildman–Crippen MR) is 93.8 cm³/mol. The van der Waals surface area contributed by atoms with Gasteiger partial charge in [-0.3, -0.25) is 0 Å². The van der Waals surface area contributed by atoms with Crippen LogP contribution in [0.25, 0.3) is 10.8 Å². The molecule has 0 saturated carbocycles. The zero-order valence-corrected chi connectivity index (χ0v) is 14.1. The van der Waals surface area contributed by atoms with Crippen molar-refractivity contribution in [2.45, 2.75) is 40.7 Å². The van der Waals surface area contributed by atoms with E-state index < -0.39 is 6.10 Å². The molecule has 0 radical (unpaired) electrons. The molecule has 0 spiro atoms. The molecule has 0 saturated heterocycles. The number of rotatable bonds is 2. The van der Waals surface area contributed by atoms with Crippen LogP contribution < -0.4 is 0 Å². The number of allylic oxidation sites excluding steroid dienone is 2. The molecule has 1 unspecified atom stereocenters. The van der Waals surface area contributed by atoms with Crippen LogP contribution in [-0.4, -0.2) is 5.11 Å². The third-order valence-corrected chi connectivity index (χ3v) is 5.91. The first-order valence-corrected chi connectivity index (χ1v) is 7.91. The summed E-state index contributed by atoms with van der Waals surface area (Å²) in [6.45, 7) is 10.8. The van der Waals surface area contributed by atoms with Gasteiger partial charge in [0.25, 0.3) is 0 Å². The molecule has 1 N–H and O–H groups in total. The summed E-state index contributed by atoms with van der Waals surface area (Å²) < 4.78 is 0. The van der Waals surface area contributed by atoms with E-state index in [1.165, 1.54) is 27.7 Å². The molecule has 0 bridgehead atoms. The standard InChI is InChI=1S/C21H24O/c1-13-14(2)16(4)21(5,15(13)3)20(22)19-12-8-10-17-9-6-7-11-18(17)19/h6-12,20,22H,1-5H3. The quantitative estimate of drug-likeness (QED) is 0.767. The molecular formula is C21H24O. The number of aliphatic hydroxyl groups excluding tert-OH is 1. The number of aliphatic hydroxyl groups is 1. The maximum absolute atomic E-state index is 11.3. The molecule has 0 aromatic heterocycles. The molecule has 1 heteroatoms. The molecule has 22 heavy (non-hydrogen) atoms. The van der Waals surface area contributed by atoms with Crippen molar-refractivity contribution in [3.05, 3.63) is 70.3 Å². The summed E-state index contributed by atoms with van der Waals surface area (Å²) in [6.07, 6.45) is -0.536. The topological polar surface area (TPSA) is 20.2 Å². The largest absolute Gasteiger partial charge is 0.387 e. The molecule has 0 amide bonds. The van der Waals surface area contributed by atoms with Crippen LogP contribution in [0.3, 0.4) is 0 Å². The minimum absolute atomic E-state index is 0.321. The third kappa shape index (κ3) is 1.89. The minimum atomic E-state index is -0.536. The summed E-state index contributed by atoms with van der Waals surface area (Å²) in [5, 5.41) is 13.6. The van der Waals surface area contributed by atoms with Gasteiger partial charge < -0.3 is 5.11 Å². The molecule has 2 aromatic rings. The lowest BCUT2D eigenvalue weighted by molar-refractivity contribution is 0.0881. The second-order valence-corrected chi connectivity index (χ2v) is 6.67. The lowest BCUT2D eigenvalue weighted by atomic mass is 9.71. The van der Waals surface area contributed by atoms with Crippen LogP contribution in [-0.2, 0) is 0 Å². The molecule has 1 nitrogen and oxygen atoms in total. The van der Waals surface area contributed by atoms with Crippen molar-refractivity contribution in [3.63, 3.8) is 0 Å². The van der Waals surface area contributed by atoms with E-state index in [4.69, 9.17) is 0 Å². The van der Waals surface area contributed by atoms with Gasteiger partial charge in [0.15, 0.2) is 0 Å². The first kappa shape index (κ1) is 15.1. The summed E-state index contributed by atoms with van der Waals surface area (Å²) in [5.41, 5.74) is 5.89. The maximum Gasteiger partial charge on any atom is 0.0924 e. The Balaban J connectivity index is 2.21. The first-order valence-electron chi connectivity index (χ1n) is 7.91. The van der Waals surface area contributed by atoms with Crippen molar-refractivity contribution in [1.82, 2.24) is 0 Å². The van der Waals surface area contributed by atoms with Gasteiger partial charge in [-0.2, -0.15) is 0 Å². The van der Waals surface area contributed by atoms with Crippen molar-refractivity contribution < 1.29 is 5.11 Å².